The van der Waals surface area contributed by atoms with Gasteiger partial charge in [-0.15, -0.1) is 0 Å². The van der Waals surface area contributed by atoms with Crippen LogP contribution in [0.5, 0.6) is 5.75 Å². The highest BCUT2D eigenvalue weighted by Gasteiger charge is 2.40. The van der Waals surface area contributed by atoms with E-state index in [2.05, 4.69) is 21.3 Å². The van der Waals surface area contributed by atoms with Crippen molar-refractivity contribution >= 4 is 15.7 Å². The van der Waals surface area contributed by atoms with E-state index in [1.54, 1.807) is 23.7 Å². The van der Waals surface area contributed by atoms with Gasteiger partial charge < -0.3 is 20.1 Å². The summed E-state index contributed by atoms with van der Waals surface area (Å²) >= 11 is 0. The molecule has 2 atom stereocenters. The Bertz CT molecular complexity index is 1020. The van der Waals surface area contributed by atoms with Crippen LogP contribution in [0.4, 0.5) is 5.69 Å². The second-order valence-electron chi connectivity index (χ2n) is 8.58. The van der Waals surface area contributed by atoms with Gasteiger partial charge in [-0.1, -0.05) is 12.1 Å². The average molecular weight is 461 g/mol. The summed E-state index contributed by atoms with van der Waals surface area (Å²) in [5.41, 5.74) is 1.80. The van der Waals surface area contributed by atoms with E-state index in [-0.39, 0.29) is 23.6 Å². The molecule has 0 radical (unpaired) electrons. The van der Waals surface area contributed by atoms with Gasteiger partial charge in [0.1, 0.15) is 10.6 Å². The summed E-state index contributed by atoms with van der Waals surface area (Å²) in [5.74, 6) is 1.15. The molecule has 8 nitrogen and oxygen atoms in total. The van der Waals surface area contributed by atoms with Crippen LogP contribution in [0.1, 0.15) is 30.7 Å². The minimum atomic E-state index is -3.64. The van der Waals surface area contributed by atoms with Crippen molar-refractivity contribution in [3.63, 3.8) is 0 Å². The quantitative estimate of drug-likeness (QED) is 0.592. The van der Waals surface area contributed by atoms with E-state index in [1.807, 2.05) is 25.2 Å². The fourth-order valence-corrected chi connectivity index (χ4v) is 6.07. The molecular weight excluding hydrogens is 428 g/mol. The minimum Gasteiger partial charge on any atom is -0.497 e. The standard InChI is InChI=1S/C23H32N4O4S/c1-26(12-13-28)18-7-10-27(11-8-18)32(29,30)23-16-24-9-6-21(23)25-22-15-20(22)17-4-3-5-19(14-17)31-2/h3-6,9,14,16,18,20,22,28H,7-8,10-13,15H2,1-2H3,(H,24,25)/t20-,22+/m0/s1. The largest absolute Gasteiger partial charge is 0.497 e. The summed E-state index contributed by atoms with van der Waals surface area (Å²) in [6.45, 7) is 1.64. The first-order valence-corrected chi connectivity index (χ1v) is 12.5. The Kier molecular flexibility index (Phi) is 6.99. The number of nitrogens with zero attached hydrogens (tertiary/aromatic N) is 3. The van der Waals surface area contributed by atoms with Gasteiger partial charge in [0, 0.05) is 50.0 Å². The molecular formula is C23H32N4O4S. The molecule has 2 heterocycles. The highest BCUT2D eigenvalue weighted by atomic mass is 32.2. The Morgan fingerprint density at radius 3 is 2.78 bits per heavy atom. The Morgan fingerprint density at radius 2 is 2.06 bits per heavy atom. The summed E-state index contributed by atoms with van der Waals surface area (Å²) < 4.78 is 33.7. The number of benzene rings is 1. The van der Waals surface area contributed by atoms with Crippen molar-refractivity contribution in [2.45, 2.75) is 42.2 Å². The molecule has 1 saturated heterocycles. The third-order valence-electron chi connectivity index (χ3n) is 6.56. The Balaban J connectivity index is 1.44. The van der Waals surface area contributed by atoms with E-state index in [9.17, 15) is 8.42 Å². The summed E-state index contributed by atoms with van der Waals surface area (Å²) in [4.78, 5) is 6.44. The number of aliphatic hydroxyl groups excluding tert-OH is 1. The molecule has 0 bridgehead atoms. The molecule has 4 rings (SSSR count). The maximum atomic E-state index is 13.4. The lowest BCUT2D eigenvalue weighted by Crippen LogP contribution is -2.46. The van der Waals surface area contributed by atoms with Gasteiger partial charge in [0.25, 0.3) is 0 Å². The van der Waals surface area contributed by atoms with Gasteiger partial charge in [-0.2, -0.15) is 4.31 Å². The summed E-state index contributed by atoms with van der Waals surface area (Å²) in [5, 5.41) is 12.6. The van der Waals surface area contributed by atoms with Gasteiger partial charge >= 0.3 is 0 Å². The summed E-state index contributed by atoms with van der Waals surface area (Å²) in [6, 6.07) is 10.2. The number of aliphatic hydroxyl groups is 1. The molecule has 0 amide bonds. The van der Waals surface area contributed by atoms with E-state index in [1.165, 1.54) is 11.8 Å². The van der Waals surface area contributed by atoms with Crippen LogP contribution in [0.25, 0.3) is 0 Å². The predicted molar refractivity (Wildman–Crippen MR) is 123 cm³/mol. The third kappa shape index (κ3) is 4.91. The monoisotopic (exact) mass is 460 g/mol. The number of methoxy groups -OCH3 is 1. The van der Waals surface area contributed by atoms with Crippen molar-refractivity contribution < 1.29 is 18.3 Å². The number of rotatable bonds is 9. The SMILES string of the molecule is COc1cccc([C@@H]2C[C@H]2Nc2ccncc2S(=O)(=O)N2CCC(N(C)CCO)CC2)c1. The number of hydrogen-bond donors (Lipinski definition) is 2. The number of likely N-dealkylation sites (N-methyl/N-ethyl adjacent to an activating group) is 1. The van der Waals surface area contributed by atoms with Gasteiger partial charge in [-0.25, -0.2) is 8.42 Å². The maximum Gasteiger partial charge on any atom is 0.246 e. The molecule has 0 unspecified atom stereocenters. The van der Waals surface area contributed by atoms with Gasteiger partial charge in [-0.05, 0) is 50.1 Å². The highest BCUT2D eigenvalue weighted by Crippen LogP contribution is 2.44. The van der Waals surface area contributed by atoms with E-state index >= 15 is 0 Å². The van der Waals surface area contributed by atoms with Gasteiger partial charge in [0.15, 0.2) is 0 Å². The summed E-state index contributed by atoms with van der Waals surface area (Å²) in [6.07, 6.45) is 5.51. The van der Waals surface area contributed by atoms with Crippen molar-refractivity contribution in [2.24, 2.45) is 0 Å². The lowest BCUT2D eigenvalue weighted by molar-refractivity contribution is 0.138. The zero-order valence-electron chi connectivity index (χ0n) is 18.6. The van der Waals surface area contributed by atoms with Crippen LogP contribution in [-0.2, 0) is 10.0 Å². The molecule has 174 valence electrons. The van der Waals surface area contributed by atoms with Crippen LogP contribution in [0.3, 0.4) is 0 Å². The van der Waals surface area contributed by atoms with Gasteiger partial charge in [0.2, 0.25) is 10.0 Å². The van der Waals surface area contributed by atoms with Crippen molar-refractivity contribution in [3.8, 4) is 5.75 Å². The number of piperidine rings is 1. The van der Waals surface area contributed by atoms with Crippen LogP contribution >= 0.6 is 0 Å². The number of hydrogen-bond acceptors (Lipinski definition) is 7. The second-order valence-corrected chi connectivity index (χ2v) is 10.5. The van der Waals surface area contributed by atoms with Gasteiger partial charge in [-0.3, -0.25) is 4.98 Å². The van der Waals surface area contributed by atoms with Crippen LogP contribution in [0.15, 0.2) is 47.6 Å². The lowest BCUT2D eigenvalue weighted by Gasteiger charge is -2.36. The average Bonchev–Trinajstić information content (AvgIpc) is 3.59. The molecule has 2 N–H and O–H groups in total. The Hall–Kier alpha value is -2.20. The van der Waals surface area contributed by atoms with Crippen LogP contribution in [0, 0.1) is 0 Å². The predicted octanol–water partition coefficient (Wildman–Crippen LogP) is 2.14. The molecule has 1 saturated carbocycles. The topological polar surface area (TPSA) is 95.0 Å². The van der Waals surface area contributed by atoms with Crippen molar-refractivity contribution in [1.29, 1.82) is 0 Å². The van der Waals surface area contributed by atoms with E-state index in [0.29, 0.717) is 31.2 Å². The molecule has 2 fully saturated rings. The fraction of sp³-hybridized carbons (Fsp3) is 0.522. The molecule has 9 heteroatoms. The fourth-order valence-electron chi connectivity index (χ4n) is 4.50. The molecule has 0 spiro atoms. The number of nitrogens with one attached hydrogen (secondary N) is 1. The van der Waals surface area contributed by atoms with Crippen LogP contribution in [-0.4, -0.2) is 80.2 Å². The second kappa shape index (κ2) is 9.74. The third-order valence-corrected chi connectivity index (χ3v) is 8.48. The van der Waals surface area contributed by atoms with E-state index < -0.39 is 10.0 Å². The Morgan fingerprint density at radius 1 is 1.28 bits per heavy atom. The van der Waals surface area contributed by atoms with Crippen molar-refractivity contribution in [1.82, 2.24) is 14.2 Å². The number of anilines is 1. The zero-order valence-corrected chi connectivity index (χ0v) is 19.5. The van der Waals surface area contributed by atoms with Crippen LogP contribution in [0.2, 0.25) is 0 Å². The number of sulfonamides is 1. The maximum absolute atomic E-state index is 13.4. The first kappa shape index (κ1) is 23.0. The number of pyridine rings is 1. The number of ether oxygens (including phenoxy) is 1. The molecule has 1 aromatic carbocycles. The highest BCUT2D eigenvalue weighted by molar-refractivity contribution is 7.89. The first-order chi connectivity index (χ1) is 15.4. The van der Waals surface area contributed by atoms with Crippen LogP contribution < -0.4 is 10.1 Å². The lowest BCUT2D eigenvalue weighted by atomic mass is 10.1. The molecule has 1 aliphatic heterocycles. The molecule has 1 aliphatic carbocycles. The van der Waals surface area contributed by atoms with E-state index in [0.717, 1.165) is 25.0 Å². The molecule has 32 heavy (non-hydrogen) atoms. The summed E-state index contributed by atoms with van der Waals surface area (Å²) in [7, 11) is -0.0135. The van der Waals surface area contributed by atoms with E-state index in [4.69, 9.17) is 9.84 Å². The normalized spacial score (nSPS) is 22.1. The minimum absolute atomic E-state index is 0.109. The molecule has 2 aliphatic rings. The van der Waals surface area contributed by atoms with Crippen molar-refractivity contribution in [2.75, 3.05) is 45.7 Å². The number of aromatic nitrogens is 1. The first-order valence-electron chi connectivity index (χ1n) is 11.1. The molecule has 1 aromatic heterocycles. The molecule has 2 aromatic rings. The smallest absolute Gasteiger partial charge is 0.246 e. The Labute approximate surface area is 190 Å². The van der Waals surface area contributed by atoms with Gasteiger partial charge in [0.05, 0.1) is 19.4 Å². The van der Waals surface area contributed by atoms with Crippen molar-refractivity contribution in [3.05, 3.63) is 48.3 Å². The zero-order chi connectivity index (χ0) is 22.7.